The third-order valence-corrected chi connectivity index (χ3v) is 3.50. The fraction of sp³-hybridized carbons (Fsp3) is 0.111. The molecule has 0 spiro atoms. The lowest BCUT2D eigenvalue weighted by Gasteiger charge is -2.04. The van der Waals surface area contributed by atoms with Crippen LogP contribution in [0.15, 0.2) is 54.1 Å². The molecule has 0 aromatic heterocycles. The summed E-state index contributed by atoms with van der Waals surface area (Å²) in [4.78, 5) is 23.6. The van der Waals surface area contributed by atoms with Gasteiger partial charge in [0.2, 0.25) is 0 Å². The zero-order valence-electron chi connectivity index (χ0n) is 12.5. The van der Waals surface area contributed by atoms with Crippen LogP contribution in [0.3, 0.4) is 0 Å². The van der Waals surface area contributed by atoms with Crippen LogP contribution in [0.25, 0.3) is 6.08 Å². The molecule has 0 bridgehead atoms. The minimum Gasteiger partial charge on any atom is -0.497 e. The molecule has 118 valence electrons. The number of methoxy groups -OCH3 is 1. The summed E-state index contributed by atoms with van der Waals surface area (Å²) in [7, 11) is 1.55. The highest BCUT2D eigenvalue weighted by Crippen LogP contribution is 2.18. The average Bonchev–Trinajstić information content (AvgIpc) is 2.55. The second kappa shape index (κ2) is 7.61. The molecule has 0 heterocycles. The van der Waals surface area contributed by atoms with Gasteiger partial charge in [0.15, 0.2) is 5.78 Å². The van der Waals surface area contributed by atoms with Crippen molar-refractivity contribution in [1.29, 1.82) is 0 Å². The standard InChI is InChI=1S/C18H15ClO4/c1-23-16-8-2-12(3-9-16)10-14(18(21)22)11-17(20)13-4-6-15(19)7-5-13/h2-10H,11H2,1H3,(H,21,22)/b14-10-. The van der Waals surface area contributed by atoms with E-state index in [1.807, 2.05) is 0 Å². The van der Waals surface area contributed by atoms with Gasteiger partial charge in [-0.05, 0) is 48.0 Å². The van der Waals surface area contributed by atoms with Crippen molar-refractivity contribution in [2.24, 2.45) is 0 Å². The number of carbonyl (C=O) groups is 2. The van der Waals surface area contributed by atoms with E-state index >= 15 is 0 Å². The Balaban J connectivity index is 2.20. The second-order valence-corrected chi connectivity index (χ2v) is 5.29. The Labute approximate surface area is 139 Å². The number of rotatable bonds is 6. The maximum atomic E-state index is 12.2. The first-order valence-electron chi connectivity index (χ1n) is 6.86. The normalized spacial score (nSPS) is 11.1. The van der Waals surface area contributed by atoms with E-state index in [1.165, 1.54) is 6.08 Å². The number of ketones is 1. The molecule has 0 radical (unpaired) electrons. The number of Topliss-reactive ketones (excluding diaryl/α,β-unsaturated/α-hetero) is 1. The van der Waals surface area contributed by atoms with E-state index in [2.05, 4.69) is 0 Å². The molecule has 0 saturated carbocycles. The lowest BCUT2D eigenvalue weighted by atomic mass is 10.0. The molecule has 0 aliphatic rings. The Bertz CT molecular complexity index is 731. The summed E-state index contributed by atoms with van der Waals surface area (Å²) >= 11 is 5.78. The van der Waals surface area contributed by atoms with Crippen LogP contribution in [0.2, 0.25) is 5.02 Å². The Hall–Kier alpha value is -2.59. The quantitative estimate of drug-likeness (QED) is 0.640. The Morgan fingerprint density at radius 1 is 1.09 bits per heavy atom. The maximum absolute atomic E-state index is 12.2. The third-order valence-electron chi connectivity index (χ3n) is 3.25. The first kappa shape index (κ1) is 16.8. The van der Waals surface area contributed by atoms with E-state index in [4.69, 9.17) is 16.3 Å². The van der Waals surface area contributed by atoms with E-state index in [0.717, 1.165) is 0 Å². The molecule has 5 heteroatoms. The van der Waals surface area contributed by atoms with Crippen molar-refractivity contribution < 1.29 is 19.4 Å². The molecule has 2 aromatic carbocycles. The molecular weight excluding hydrogens is 316 g/mol. The molecule has 4 nitrogen and oxygen atoms in total. The summed E-state index contributed by atoms with van der Waals surface area (Å²) in [6, 6.07) is 13.3. The molecule has 0 saturated heterocycles. The zero-order valence-corrected chi connectivity index (χ0v) is 13.2. The number of carbonyl (C=O) groups excluding carboxylic acids is 1. The first-order valence-corrected chi connectivity index (χ1v) is 7.24. The Kier molecular flexibility index (Phi) is 5.55. The van der Waals surface area contributed by atoms with Crippen LogP contribution < -0.4 is 4.74 Å². The van der Waals surface area contributed by atoms with Gasteiger partial charge in [-0.1, -0.05) is 23.7 Å². The predicted molar refractivity (Wildman–Crippen MR) is 89.0 cm³/mol. The van der Waals surface area contributed by atoms with Crippen LogP contribution in [0, 0.1) is 0 Å². The van der Waals surface area contributed by atoms with E-state index in [0.29, 0.717) is 21.9 Å². The molecule has 0 aliphatic heterocycles. The summed E-state index contributed by atoms with van der Waals surface area (Å²) in [5, 5.41) is 9.83. The first-order chi connectivity index (χ1) is 11.0. The fourth-order valence-corrected chi connectivity index (χ4v) is 2.13. The van der Waals surface area contributed by atoms with Gasteiger partial charge in [-0.15, -0.1) is 0 Å². The van der Waals surface area contributed by atoms with Gasteiger partial charge in [-0.2, -0.15) is 0 Å². The van der Waals surface area contributed by atoms with Crippen LogP contribution in [0.5, 0.6) is 5.75 Å². The molecular formula is C18H15ClO4. The van der Waals surface area contributed by atoms with Gasteiger partial charge in [-0.3, -0.25) is 4.79 Å². The average molecular weight is 331 g/mol. The fourth-order valence-electron chi connectivity index (χ4n) is 2.00. The molecule has 0 amide bonds. The third kappa shape index (κ3) is 4.69. The van der Waals surface area contributed by atoms with Gasteiger partial charge in [0.25, 0.3) is 0 Å². The van der Waals surface area contributed by atoms with E-state index in [9.17, 15) is 14.7 Å². The van der Waals surface area contributed by atoms with Crippen LogP contribution in [0.4, 0.5) is 0 Å². The van der Waals surface area contributed by atoms with Crippen molar-refractivity contribution >= 4 is 29.4 Å². The number of hydrogen-bond acceptors (Lipinski definition) is 3. The minimum atomic E-state index is -1.12. The highest BCUT2D eigenvalue weighted by atomic mass is 35.5. The Morgan fingerprint density at radius 3 is 2.22 bits per heavy atom. The van der Waals surface area contributed by atoms with Gasteiger partial charge in [-0.25, -0.2) is 4.79 Å². The summed E-state index contributed by atoms with van der Waals surface area (Å²) in [6.07, 6.45) is 1.29. The topological polar surface area (TPSA) is 63.6 Å². The van der Waals surface area contributed by atoms with Crippen LogP contribution in [0.1, 0.15) is 22.3 Å². The number of benzene rings is 2. The van der Waals surface area contributed by atoms with Crippen molar-refractivity contribution in [3.05, 3.63) is 70.3 Å². The molecule has 0 atom stereocenters. The molecule has 1 N–H and O–H groups in total. The number of carboxylic acid groups (broad SMARTS) is 1. The summed E-state index contributed by atoms with van der Waals surface area (Å²) in [5.74, 6) is -0.719. The molecule has 0 aliphatic carbocycles. The molecule has 23 heavy (non-hydrogen) atoms. The monoisotopic (exact) mass is 330 g/mol. The number of halogens is 1. The largest absolute Gasteiger partial charge is 0.497 e. The molecule has 2 aromatic rings. The summed E-state index contributed by atoms with van der Waals surface area (Å²) in [5.41, 5.74) is 1.14. The zero-order chi connectivity index (χ0) is 16.8. The van der Waals surface area contributed by atoms with Gasteiger partial charge < -0.3 is 9.84 Å². The predicted octanol–water partition coefficient (Wildman–Crippen LogP) is 4.09. The molecule has 0 unspecified atom stereocenters. The highest BCUT2D eigenvalue weighted by Gasteiger charge is 2.14. The second-order valence-electron chi connectivity index (χ2n) is 4.85. The number of carboxylic acids is 1. The molecule has 2 rings (SSSR count). The maximum Gasteiger partial charge on any atom is 0.332 e. The smallest absolute Gasteiger partial charge is 0.332 e. The van der Waals surface area contributed by atoms with Crippen LogP contribution in [-0.2, 0) is 4.79 Å². The van der Waals surface area contributed by atoms with Crippen molar-refractivity contribution in [2.75, 3.05) is 7.11 Å². The Morgan fingerprint density at radius 2 is 1.70 bits per heavy atom. The van der Waals surface area contributed by atoms with Gasteiger partial charge in [0.1, 0.15) is 5.75 Å². The van der Waals surface area contributed by atoms with Gasteiger partial charge in [0.05, 0.1) is 7.11 Å². The van der Waals surface area contributed by atoms with Crippen molar-refractivity contribution in [1.82, 2.24) is 0 Å². The SMILES string of the molecule is COc1ccc(/C=C(/CC(=O)c2ccc(Cl)cc2)C(=O)O)cc1. The van der Waals surface area contributed by atoms with E-state index < -0.39 is 5.97 Å². The van der Waals surface area contributed by atoms with Crippen molar-refractivity contribution in [3.63, 3.8) is 0 Å². The summed E-state index contributed by atoms with van der Waals surface area (Å²) in [6.45, 7) is 0. The van der Waals surface area contributed by atoms with Crippen LogP contribution >= 0.6 is 11.6 Å². The highest BCUT2D eigenvalue weighted by molar-refractivity contribution is 6.30. The van der Waals surface area contributed by atoms with Crippen molar-refractivity contribution in [3.8, 4) is 5.75 Å². The van der Waals surface area contributed by atoms with Gasteiger partial charge >= 0.3 is 5.97 Å². The number of aliphatic carboxylic acids is 1. The van der Waals surface area contributed by atoms with Gasteiger partial charge in [0, 0.05) is 22.6 Å². The minimum absolute atomic E-state index is 0.0233. The van der Waals surface area contributed by atoms with E-state index in [1.54, 1.807) is 55.6 Å². The number of ether oxygens (including phenoxy) is 1. The lowest BCUT2D eigenvalue weighted by molar-refractivity contribution is -0.132. The van der Waals surface area contributed by atoms with E-state index in [-0.39, 0.29) is 17.8 Å². The number of hydrogen-bond donors (Lipinski definition) is 1. The van der Waals surface area contributed by atoms with Crippen LogP contribution in [-0.4, -0.2) is 24.0 Å². The summed E-state index contributed by atoms with van der Waals surface area (Å²) < 4.78 is 5.05. The molecule has 0 fully saturated rings. The lowest BCUT2D eigenvalue weighted by Crippen LogP contribution is -2.08. The van der Waals surface area contributed by atoms with Crippen molar-refractivity contribution in [2.45, 2.75) is 6.42 Å².